The summed E-state index contributed by atoms with van der Waals surface area (Å²) in [6.45, 7) is 2.54. The quantitative estimate of drug-likeness (QED) is 0.704. The monoisotopic (exact) mass is 322 g/mol. The van der Waals surface area contributed by atoms with Crippen LogP contribution in [-0.2, 0) is 13.0 Å². The van der Waals surface area contributed by atoms with Gasteiger partial charge in [-0.15, -0.1) is 11.3 Å². The van der Waals surface area contributed by atoms with Crippen LogP contribution in [-0.4, -0.2) is 16.0 Å². The second kappa shape index (κ2) is 6.01. The fourth-order valence-electron chi connectivity index (χ4n) is 2.07. The summed E-state index contributed by atoms with van der Waals surface area (Å²) in [6, 6.07) is 5.89. The molecule has 1 atom stereocenters. The Kier molecular flexibility index (Phi) is 4.10. The van der Waals surface area contributed by atoms with Crippen molar-refractivity contribution in [2.45, 2.75) is 25.9 Å². The normalized spacial score (nSPS) is 12.7. The van der Waals surface area contributed by atoms with Crippen molar-refractivity contribution in [3.05, 3.63) is 40.4 Å². The number of hydrogen-bond donors (Lipinski definition) is 2. The molecule has 110 valence electrons. The van der Waals surface area contributed by atoms with Gasteiger partial charge in [-0.1, -0.05) is 0 Å². The summed E-state index contributed by atoms with van der Waals surface area (Å²) in [6.07, 6.45) is 2.46. The smallest absolute Gasteiger partial charge is 0.224 e. The van der Waals surface area contributed by atoms with E-state index < -0.39 is 0 Å². The number of nitrogens with one attached hydrogen (secondary N) is 1. The van der Waals surface area contributed by atoms with Crippen LogP contribution in [0.15, 0.2) is 28.9 Å². The molecule has 0 aliphatic rings. The number of hydrogen-bond acceptors (Lipinski definition) is 6. The molecule has 3 aromatic rings. The van der Waals surface area contributed by atoms with Crippen molar-refractivity contribution in [1.82, 2.24) is 9.97 Å². The molecule has 3 aromatic heterocycles. The van der Waals surface area contributed by atoms with Crippen molar-refractivity contribution in [3.63, 3.8) is 0 Å². The standard InChI is InChI=1S/C14H15ClN4OS/c1-8(16)5-10-6-11-12(21-10)13(19-14(15)18-11)17-7-9-3-2-4-20-9/h2-4,6,8H,5,7,16H2,1H3,(H,17,18,19)/t8-/m1/s1. The summed E-state index contributed by atoms with van der Waals surface area (Å²) in [4.78, 5) is 9.72. The summed E-state index contributed by atoms with van der Waals surface area (Å²) < 4.78 is 6.29. The molecule has 0 saturated carbocycles. The number of anilines is 1. The molecule has 0 radical (unpaired) electrons. The molecular formula is C14H15ClN4OS. The average molecular weight is 323 g/mol. The number of nitrogens with two attached hydrogens (primary N) is 1. The second-order valence-corrected chi connectivity index (χ2v) is 6.36. The summed E-state index contributed by atoms with van der Waals surface area (Å²) in [5, 5.41) is 3.48. The van der Waals surface area contributed by atoms with E-state index in [0.29, 0.717) is 6.54 Å². The lowest BCUT2D eigenvalue weighted by atomic mass is 10.2. The van der Waals surface area contributed by atoms with Crippen LogP contribution >= 0.6 is 22.9 Å². The van der Waals surface area contributed by atoms with E-state index in [1.54, 1.807) is 17.6 Å². The summed E-state index contributed by atoms with van der Waals surface area (Å²) in [7, 11) is 0. The summed E-state index contributed by atoms with van der Waals surface area (Å²) in [5.74, 6) is 1.56. The summed E-state index contributed by atoms with van der Waals surface area (Å²) >= 11 is 7.64. The SMILES string of the molecule is C[C@@H](N)Cc1cc2nc(Cl)nc(NCc3ccco3)c2s1. The van der Waals surface area contributed by atoms with Gasteiger partial charge in [0.15, 0.2) is 0 Å². The number of halogens is 1. The van der Waals surface area contributed by atoms with E-state index in [2.05, 4.69) is 15.3 Å². The zero-order chi connectivity index (χ0) is 14.8. The lowest BCUT2D eigenvalue weighted by Crippen LogP contribution is -2.16. The highest BCUT2D eigenvalue weighted by atomic mass is 35.5. The van der Waals surface area contributed by atoms with Crippen molar-refractivity contribution in [2.75, 3.05) is 5.32 Å². The molecule has 0 saturated heterocycles. The van der Waals surface area contributed by atoms with Crippen LogP contribution in [0.4, 0.5) is 5.82 Å². The molecule has 3 heterocycles. The highest BCUT2D eigenvalue weighted by molar-refractivity contribution is 7.19. The van der Waals surface area contributed by atoms with E-state index in [1.807, 2.05) is 25.1 Å². The van der Waals surface area contributed by atoms with Crippen LogP contribution in [0.25, 0.3) is 10.2 Å². The molecule has 5 nitrogen and oxygen atoms in total. The Balaban J connectivity index is 1.90. The minimum atomic E-state index is 0.112. The fraction of sp³-hybridized carbons (Fsp3) is 0.286. The molecule has 0 spiro atoms. The highest BCUT2D eigenvalue weighted by Gasteiger charge is 2.12. The zero-order valence-electron chi connectivity index (χ0n) is 11.5. The first-order valence-electron chi connectivity index (χ1n) is 6.59. The Morgan fingerprint density at radius 2 is 2.33 bits per heavy atom. The molecule has 3 N–H and O–H groups in total. The van der Waals surface area contributed by atoms with Crippen LogP contribution in [0.3, 0.4) is 0 Å². The molecule has 3 rings (SSSR count). The van der Waals surface area contributed by atoms with Gasteiger partial charge in [0.2, 0.25) is 5.28 Å². The lowest BCUT2D eigenvalue weighted by Gasteiger charge is -2.04. The van der Waals surface area contributed by atoms with Crippen LogP contribution in [0.1, 0.15) is 17.6 Å². The van der Waals surface area contributed by atoms with Crippen LogP contribution in [0.5, 0.6) is 0 Å². The maximum Gasteiger partial charge on any atom is 0.224 e. The van der Waals surface area contributed by atoms with E-state index in [-0.39, 0.29) is 11.3 Å². The Hall–Kier alpha value is -1.63. The van der Waals surface area contributed by atoms with Crippen LogP contribution < -0.4 is 11.1 Å². The van der Waals surface area contributed by atoms with E-state index >= 15 is 0 Å². The second-order valence-electron chi connectivity index (χ2n) is 4.88. The first-order valence-corrected chi connectivity index (χ1v) is 7.79. The van der Waals surface area contributed by atoms with E-state index in [9.17, 15) is 0 Å². The van der Waals surface area contributed by atoms with Crippen LogP contribution in [0.2, 0.25) is 5.28 Å². The largest absolute Gasteiger partial charge is 0.467 e. The maximum absolute atomic E-state index is 5.99. The van der Waals surface area contributed by atoms with Crippen molar-refractivity contribution >= 4 is 39.0 Å². The number of nitrogens with zero attached hydrogens (tertiary/aromatic N) is 2. The molecular weight excluding hydrogens is 308 g/mol. The Morgan fingerprint density at radius 3 is 3.05 bits per heavy atom. The van der Waals surface area contributed by atoms with Gasteiger partial charge in [-0.05, 0) is 43.1 Å². The molecule has 0 fully saturated rings. The van der Waals surface area contributed by atoms with Gasteiger partial charge in [0.05, 0.1) is 23.0 Å². The third kappa shape index (κ3) is 3.34. The van der Waals surface area contributed by atoms with Gasteiger partial charge in [0.1, 0.15) is 11.6 Å². The molecule has 0 unspecified atom stereocenters. The number of rotatable bonds is 5. The topological polar surface area (TPSA) is 77.0 Å². The molecule has 0 bridgehead atoms. The average Bonchev–Trinajstić information content (AvgIpc) is 3.03. The van der Waals surface area contributed by atoms with Crippen molar-refractivity contribution in [1.29, 1.82) is 0 Å². The molecule has 0 aromatic carbocycles. The minimum absolute atomic E-state index is 0.112. The van der Waals surface area contributed by atoms with Gasteiger partial charge in [-0.2, -0.15) is 4.98 Å². The van der Waals surface area contributed by atoms with Crippen molar-refractivity contribution in [3.8, 4) is 0 Å². The highest BCUT2D eigenvalue weighted by Crippen LogP contribution is 2.31. The van der Waals surface area contributed by atoms with Gasteiger partial charge < -0.3 is 15.5 Å². The van der Waals surface area contributed by atoms with Gasteiger partial charge in [0.25, 0.3) is 0 Å². The van der Waals surface area contributed by atoms with Crippen molar-refractivity contribution < 1.29 is 4.42 Å². The van der Waals surface area contributed by atoms with Gasteiger partial charge >= 0.3 is 0 Å². The first-order chi connectivity index (χ1) is 10.1. The Morgan fingerprint density at radius 1 is 1.48 bits per heavy atom. The molecule has 0 amide bonds. The third-order valence-corrected chi connectivity index (χ3v) is 4.25. The molecule has 21 heavy (non-hydrogen) atoms. The fourth-order valence-corrected chi connectivity index (χ4v) is 3.45. The number of fused-ring (bicyclic) bond motifs is 1. The van der Waals surface area contributed by atoms with E-state index in [1.165, 1.54) is 4.88 Å². The first kappa shape index (κ1) is 14.3. The maximum atomic E-state index is 5.99. The molecule has 0 aliphatic heterocycles. The predicted molar refractivity (Wildman–Crippen MR) is 85.8 cm³/mol. The number of aromatic nitrogens is 2. The summed E-state index contributed by atoms with van der Waals surface area (Å²) in [5.41, 5.74) is 6.70. The Labute approximate surface area is 131 Å². The minimum Gasteiger partial charge on any atom is -0.467 e. The predicted octanol–water partition coefficient (Wildman–Crippen LogP) is 3.44. The van der Waals surface area contributed by atoms with Crippen molar-refractivity contribution in [2.24, 2.45) is 5.73 Å². The Bertz CT molecular complexity index is 739. The van der Waals surface area contributed by atoms with Gasteiger partial charge in [0, 0.05) is 10.9 Å². The molecule has 0 aliphatic carbocycles. The number of thiophene rings is 1. The molecule has 7 heteroatoms. The lowest BCUT2D eigenvalue weighted by molar-refractivity contribution is 0.518. The zero-order valence-corrected chi connectivity index (χ0v) is 13.0. The van der Waals surface area contributed by atoms with E-state index in [4.69, 9.17) is 21.8 Å². The van der Waals surface area contributed by atoms with Gasteiger partial charge in [-0.3, -0.25) is 0 Å². The van der Waals surface area contributed by atoms with E-state index in [0.717, 1.165) is 28.2 Å². The number of furan rings is 1. The van der Waals surface area contributed by atoms with Crippen LogP contribution in [0, 0.1) is 0 Å². The van der Waals surface area contributed by atoms with Gasteiger partial charge in [-0.25, -0.2) is 4.98 Å². The third-order valence-electron chi connectivity index (χ3n) is 2.93.